The van der Waals surface area contributed by atoms with Crippen LogP contribution in [-0.2, 0) is 4.79 Å². The van der Waals surface area contributed by atoms with Gasteiger partial charge in [-0.2, -0.15) is 0 Å². The number of ketones is 1. The molecule has 2 aromatic carbocycles. The fraction of sp³-hybridized carbons (Fsp3) is 0.190. The molecule has 0 atom stereocenters. The molecule has 2 N–H and O–H groups in total. The van der Waals surface area contributed by atoms with Crippen LogP contribution in [0, 0.1) is 0 Å². The van der Waals surface area contributed by atoms with Crippen LogP contribution in [0.25, 0.3) is 0 Å². The molecule has 1 aromatic heterocycles. The Morgan fingerprint density at radius 3 is 2.29 bits per heavy atom. The first-order valence-electron chi connectivity index (χ1n) is 9.36. The van der Waals surface area contributed by atoms with E-state index < -0.39 is 0 Å². The zero-order valence-electron chi connectivity index (χ0n) is 16.9. The number of benzene rings is 2. The minimum atomic E-state index is -0.303. The molecule has 3 rings (SSSR count). The number of hydrogen-bond acceptors (Lipinski definition) is 8. The minimum absolute atomic E-state index is 0.0323. The van der Waals surface area contributed by atoms with Gasteiger partial charge in [-0.25, -0.2) is 0 Å². The number of carbonyl (C=O) groups excluding carboxylic acids is 3. The van der Waals surface area contributed by atoms with Crippen LogP contribution in [0.4, 0.5) is 10.8 Å². The van der Waals surface area contributed by atoms with Gasteiger partial charge in [-0.15, -0.1) is 10.2 Å². The topological polar surface area (TPSA) is 110 Å². The van der Waals surface area contributed by atoms with Gasteiger partial charge < -0.3 is 10.1 Å². The van der Waals surface area contributed by atoms with Crippen LogP contribution in [0.3, 0.4) is 0 Å². The lowest BCUT2D eigenvalue weighted by atomic mass is 10.1. The number of thioether (sulfide) groups is 1. The van der Waals surface area contributed by atoms with Gasteiger partial charge in [-0.3, -0.25) is 19.7 Å². The number of carbonyl (C=O) groups is 3. The molecule has 10 heteroatoms. The zero-order chi connectivity index (χ0) is 22.2. The summed E-state index contributed by atoms with van der Waals surface area (Å²) in [6.07, 6.45) is 0. The van der Waals surface area contributed by atoms with E-state index in [1.165, 1.54) is 30.0 Å². The molecule has 2 amide bonds. The van der Waals surface area contributed by atoms with Gasteiger partial charge in [0.2, 0.25) is 11.0 Å². The lowest BCUT2D eigenvalue weighted by molar-refractivity contribution is -0.113. The summed E-state index contributed by atoms with van der Waals surface area (Å²) < 4.78 is 5.92. The van der Waals surface area contributed by atoms with Crippen LogP contribution in [0.2, 0.25) is 0 Å². The van der Waals surface area contributed by atoms with E-state index in [0.717, 1.165) is 0 Å². The Hall–Kier alpha value is -3.24. The van der Waals surface area contributed by atoms with E-state index in [0.29, 0.717) is 38.6 Å². The van der Waals surface area contributed by atoms with Gasteiger partial charge in [0, 0.05) is 16.8 Å². The number of anilines is 2. The van der Waals surface area contributed by atoms with E-state index in [2.05, 4.69) is 20.8 Å². The highest BCUT2D eigenvalue weighted by molar-refractivity contribution is 8.01. The second-order valence-electron chi connectivity index (χ2n) is 6.26. The average Bonchev–Trinajstić information content (AvgIpc) is 3.20. The molecular formula is C21H20N4O4S2. The van der Waals surface area contributed by atoms with Gasteiger partial charge in [0.1, 0.15) is 5.75 Å². The molecule has 0 aliphatic heterocycles. The third kappa shape index (κ3) is 6.63. The molecule has 31 heavy (non-hydrogen) atoms. The van der Waals surface area contributed by atoms with Crippen LogP contribution in [-0.4, -0.2) is 40.2 Å². The van der Waals surface area contributed by atoms with E-state index >= 15 is 0 Å². The zero-order valence-corrected chi connectivity index (χ0v) is 18.5. The van der Waals surface area contributed by atoms with Gasteiger partial charge in [0.25, 0.3) is 5.91 Å². The summed E-state index contributed by atoms with van der Waals surface area (Å²) in [7, 11) is 0. The third-order valence-electron chi connectivity index (χ3n) is 3.96. The van der Waals surface area contributed by atoms with E-state index in [9.17, 15) is 14.4 Å². The summed E-state index contributed by atoms with van der Waals surface area (Å²) in [6, 6.07) is 13.5. The van der Waals surface area contributed by atoms with Crippen LogP contribution in [0.15, 0.2) is 52.9 Å². The van der Waals surface area contributed by atoms with Crippen molar-refractivity contribution in [3.63, 3.8) is 0 Å². The van der Waals surface area contributed by atoms with Crippen molar-refractivity contribution in [3.05, 3.63) is 59.7 Å². The van der Waals surface area contributed by atoms with Crippen molar-refractivity contribution in [2.75, 3.05) is 23.0 Å². The predicted octanol–water partition coefficient (Wildman–Crippen LogP) is 4.12. The van der Waals surface area contributed by atoms with Gasteiger partial charge in [-0.05, 0) is 62.4 Å². The number of ether oxygens (including phenoxy) is 1. The van der Waals surface area contributed by atoms with E-state index in [-0.39, 0.29) is 23.4 Å². The van der Waals surface area contributed by atoms with Crippen LogP contribution in [0.1, 0.15) is 34.6 Å². The molecule has 0 aliphatic carbocycles. The quantitative estimate of drug-likeness (QED) is 0.283. The second kappa shape index (κ2) is 10.7. The molecule has 0 aliphatic rings. The summed E-state index contributed by atoms with van der Waals surface area (Å²) in [5.41, 5.74) is 1.67. The lowest BCUT2D eigenvalue weighted by Gasteiger charge is -2.05. The first-order chi connectivity index (χ1) is 14.9. The summed E-state index contributed by atoms with van der Waals surface area (Å²) in [6.45, 7) is 3.93. The number of nitrogens with zero attached hydrogens (tertiary/aromatic N) is 2. The molecule has 0 spiro atoms. The van der Waals surface area contributed by atoms with Gasteiger partial charge in [0.15, 0.2) is 10.1 Å². The Balaban J connectivity index is 1.48. The number of hydrogen-bond donors (Lipinski definition) is 2. The van der Waals surface area contributed by atoms with Gasteiger partial charge in [0.05, 0.1) is 12.4 Å². The van der Waals surface area contributed by atoms with Gasteiger partial charge in [-0.1, -0.05) is 23.1 Å². The summed E-state index contributed by atoms with van der Waals surface area (Å²) in [4.78, 5) is 35.7. The number of nitrogens with one attached hydrogen (secondary N) is 2. The van der Waals surface area contributed by atoms with Crippen molar-refractivity contribution >= 4 is 51.5 Å². The maximum atomic E-state index is 12.3. The highest BCUT2D eigenvalue weighted by Crippen LogP contribution is 2.26. The maximum Gasteiger partial charge on any atom is 0.257 e. The highest BCUT2D eigenvalue weighted by Gasteiger charge is 2.12. The standard InChI is InChI=1S/C21H20N4O4S2/c1-3-29-17-10-6-15(7-11-17)19(28)23-20-24-25-21(31-20)30-12-18(27)22-16-8-4-14(5-9-16)13(2)26/h4-11H,3,12H2,1-2H3,(H,22,27)(H,23,24,28). The molecule has 3 aromatic rings. The van der Waals surface area contributed by atoms with Crippen molar-refractivity contribution in [1.29, 1.82) is 0 Å². The normalized spacial score (nSPS) is 10.4. The average molecular weight is 457 g/mol. The van der Waals surface area contributed by atoms with Crippen LogP contribution >= 0.6 is 23.1 Å². The molecule has 0 bridgehead atoms. The highest BCUT2D eigenvalue weighted by atomic mass is 32.2. The smallest absolute Gasteiger partial charge is 0.257 e. The van der Waals surface area contributed by atoms with E-state index in [1.807, 2.05) is 6.92 Å². The molecular weight excluding hydrogens is 436 g/mol. The molecule has 0 fully saturated rings. The molecule has 0 saturated heterocycles. The van der Waals surface area contributed by atoms with E-state index in [1.54, 1.807) is 48.5 Å². The fourth-order valence-electron chi connectivity index (χ4n) is 2.47. The molecule has 0 saturated carbocycles. The molecule has 160 valence electrons. The number of Topliss-reactive ketones (excluding diaryl/α,β-unsaturated/α-hetero) is 1. The molecule has 8 nitrogen and oxygen atoms in total. The summed E-state index contributed by atoms with van der Waals surface area (Å²) >= 11 is 2.41. The Morgan fingerprint density at radius 2 is 1.65 bits per heavy atom. The Morgan fingerprint density at radius 1 is 0.968 bits per heavy atom. The van der Waals surface area contributed by atoms with Crippen molar-refractivity contribution in [1.82, 2.24) is 10.2 Å². The number of rotatable bonds is 9. The van der Waals surface area contributed by atoms with E-state index in [4.69, 9.17) is 4.74 Å². The van der Waals surface area contributed by atoms with Gasteiger partial charge >= 0.3 is 0 Å². The Labute approximate surface area is 187 Å². The Bertz CT molecular complexity index is 1070. The van der Waals surface area contributed by atoms with Crippen molar-refractivity contribution in [3.8, 4) is 5.75 Å². The third-order valence-corrected chi connectivity index (χ3v) is 5.93. The van der Waals surface area contributed by atoms with Crippen LogP contribution in [0.5, 0.6) is 5.75 Å². The van der Waals surface area contributed by atoms with Crippen molar-refractivity contribution < 1.29 is 19.1 Å². The number of aromatic nitrogens is 2. The number of amides is 2. The predicted molar refractivity (Wildman–Crippen MR) is 121 cm³/mol. The summed E-state index contributed by atoms with van der Waals surface area (Å²) in [5.74, 6) is 0.283. The molecule has 0 unspecified atom stereocenters. The largest absolute Gasteiger partial charge is 0.494 e. The first-order valence-corrected chi connectivity index (χ1v) is 11.2. The first kappa shape index (κ1) is 22.4. The minimum Gasteiger partial charge on any atom is -0.494 e. The Kier molecular flexibility index (Phi) is 7.74. The SMILES string of the molecule is CCOc1ccc(C(=O)Nc2nnc(SCC(=O)Nc3ccc(C(C)=O)cc3)s2)cc1. The lowest BCUT2D eigenvalue weighted by Crippen LogP contribution is -2.14. The maximum absolute atomic E-state index is 12.3. The van der Waals surface area contributed by atoms with Crippen molar-refractivity contribution in [2.45, 2.75) is 18.2 Å². The van der Waals surface area contributed by atoms with Crippen LogP contribution < -0.4 is 15.4 Å². The fourth-order valence-corrected chi connectivity index (χ4v) is 4.02. The van der Waals surface area contributed by atoms with Crippen molar-refractivity contribution in [2.24, 2.45) is 0 Å². The second-order valence-corrected chi connectivity index (χ2v) is 8.46. The molecule has 1 heterocycles. The summed E-state index contributed by atoms with van der Waals surface area (Å²) in [5, 5.41) is 13.7. The monoisotopic (exact) mass is 456 g/mol. The molecule has 0 radical (unpaired) electrons.